The lowest BCUT2D eigenvalue weighted by atomic mass is 9.97. The van der Waals surface area contributed by atoms with Crippen molar-refractivity contribution in [3.8, 4) is 0 Å². The van der Waals surface area contributed by atoms with Crippen LogP contribution in [0.4, 0.5) is 0 Å². The van der Waals surface area contributed by atoms with Crippen LogP contribution in [-0.2, 0) is 71.5 Å². The number of aliphatic hydroxyl groups excluding tert-OH is 7. The maximum Gasteiger partial charge on any atom is 0.222 e. The molecule has 0 bridgehead atoms. The van der Waals surface area contributed by atoms with Gasteiger partial charge in [0.05, 0.1) is 52.4 Å². The molecule has 6 amide bonds. The first kappa shape index (κ1) is 77.7. The van der Waals surface area contributed by atoms with E-state index in [-0.39, 0.29) is 133 Å². The normalized spacial score (nSPS) is 22.8. The van der Waals surface area contributed by atoms with E-state index in [1.54, 1.807) is 0 Å². The molecule has 0 spiro atoms. The third-order valence-electron chi connectivity index (χ3n) is 14.2. The number of Topliss-reactive ketones (excluding diaryl/α,β-unsaturated/α-hetero) is 2. The van der Waals surface area contributed by atoms with E-state index in [1.165, 1.54) is 13.8 Å². The van der Waals surface area contributed by atoms with Crippen LogP contribution < -0.4 is 31.9 Å². The van der Waals surface area contributed by atoms with Crippen molar-refractivity contribution in [2.45, 2.75) is 235 Å². The summed E-state index contributed by atoms with van der Waals surface area (Å²) in [7, 11) is 0. The molecule has 0 aromatic heterocycles. The Morgan fingerprint density at radius 3 is 1.35 bits per heavy atom. The first-order valence-electron chi connectivity index (χ1n) is 30.7. The van der Waals surface area contributed by atoms with Gasteiger partial charge in [-0.1, -0.05) is 19.3 Å². The molecule has 0 aliphatic carbocycles. The molecular formula is C58H104N6O22. The second kappa shape index (κ2) is 45.8. The van der Waals surface area contributed by atoms with Crippen LogP contribution in [0.2, 0.25) is 0 Å². The number of nitrogens with one attached hydrogen (secondary N) is 6. The van der Waals surface area contributed by atoms with Crippen molar-refractivity contribution in [3.63, 3.8) is 0 Å². The van der Waals surface area contributed by atoms with Crippen molar-refractivity contribution >= 4 is 47.0 Å². The van der Waals surface area contributed by atoms with Gasteiger partial charge in [0.25, 0.3) is 0 Å². The Balaban J connectivity index is 1.74. The third-order valence-corrected chi connectivity index (χ3v) is 14.2. The van der Waals surface area contributed by atoms with Crippen LogP contribution >= 0.6 is 0 Å². The predicted molar refractivity (Wildman–Crippen MR) is 309 cm³/mol. The van der Waals surface area contributed by atoms with E-state index in [2.05, 4.69) is 31.9 Å². The zero-order chi connectivity index (χ0) is 63.7. The van der Waals surface area contributed by atoms with E-state index in [0.717, 1.165) is 25.7 Å². The van der Waals surface area contributed by atoms with Gasteiger partial charge in [-0.3, -0.25) is 38.4 Å². The van der Waals surface area contributed by atoms with Crippen LogP contribution in [0.15, 0.2) is 0 Å². The lowest BCUT2D eigenvalue weighted by Gasteiger charge is -2.42. The van der Waals surface area contributed by atoms with Crippen LogP contribution in [0, 0.1) is 0 Å². The first-order chi connectivity index (χ1) is 41.1. The Morgan fingerprint density at radius 1 is 0.453 bits per heavy atom. The molecule has 5 unspecified atom stereocenters. The molecule has 2 heterocycles. The third kappa shape index (κ3) is 33.8. The van der Waals surface area contributed by atoms with Crippen LogP contribution in [0.3, 0.4) is 0 Å². The molecule has 0 saturated carbocycles. The predicted octanol–water partition coefficient (Wildman–Crippen LogP) is -1.11. The monoisotopic (exact) mass is 1240 g/mol. The zero-order valence-corrected chi connectivity index (χ0v) is 51.1. The summed E-state index contributed by atoms with van der Waals surface area (Å²) in [4.78, 5) is 99.4. The lowest BCUT2D eigenvalue weighted by molar-refractivity contribution is -0.270. The topological polar surface area (TPSA) is 415 Å². The molecule has 498 valence electrons. The van der Waals surface area contributed by atoms with E-state index < -0.39 is 104 Å². The Morgan fingerprint density at radius 2 is 0.860 bits per heavy atom. The molecule has 0 radical (unpaired) electrons. The van der Waals surface area contributed by atoms with Gasteiger partial charge in [-0.2, -0.15) is 0 Å². The zero-order valence-electron chi connectivity index (χ0n) is 51.1. The molecule has 0 aromatic rings. The number of unbranched alkanes of at least 4 members (excludes halogenated alkanes) is 7. The van der Waals surface area contributed by atoms with Gasteiger partial charge in [0.2, 0.25) is 35.4 Å². The smallest absolute Gasteiger partial charge is 0.222 e. The molecular weight excluding hydrogens is 1130 g/mol. The van der Waals surface area contributed by atoms with Crippen LogP contribution in [0.1, 0.15) is 163 Å². The fourth-order valence-corrected chi connectivity index (χ4v) is 9.34. The van der Waals surface area contributed by atoms with Crippen molar-refractivity contribution < 1.29 is 107 Å². The van der Waals surface area contributed by atoms with Gasteiger partial charge >= 0.3 is 0 Å². The van der Waals surface area contributed by atoms with Gasteiger partial charge in [0, 0.05) is 105 Å². The maximum atomic E-state index is 13.2. The van der Waals surface area contributed by atoms with Crippen molar-refractivity contribution in [2.75, 3.05) is 85.7 Å². The number of rotatable bonds is 50. The highest BCUT2D eigenvalue weighted by Gasteiger charge is 2.46. The first-order valence-corrected chi connectivity index (χ1v) is 30.7. The Kier molecular flexibility index (Phi) is 41.4. The minimum Gasteiger partial charge on any atom is -0.394 e. The number of hydrogen-bond acceptors (Lipinski definition) is 22. The van der Waals surface area contributed by atoms with Crippen LogP contribution in [0.5, 0.6) is 0 Å². The fraction of sp³-hybridized carbons (Fsp3) is 0.862. The molecule has 2 aliphatic heterocycles. The summed E-state index contributed by atoms with van der Waals surface area (Å²) in [6, 6.07) is -2.11. The van der Waals surface area contributed by atoms with Crippen LogP contribution in [0.25, 0.3) is 0 Å². The SMILES string of the molecule is CC(=O)NC1[C@H](OCCCCC(=O)CCCCCC(=O)CCOCC(CO)(COCCC(=O)NCCCNC(=O)CCCCO[C@@H]2OC(CO)[C@H](O)[C@H](O)C2NC(C)=O)NC(=O)CCCC(=O)NCCCCCCOC(C)C)OC(CO)[C@H](O)[C@@H]1O. The van der Waals surface area contributed by atoms with E-state index in [1.807, 2.05) is 13.8 Å². The summed E-state index contributed by atoms with van der Waals surface area (Å²) >= 11 is 0. The summed E-state index contributed by atoms with van der Waals surface area (Å²) in [6.45, 7) is 6.19. The molecule has 2 fully saturated rings. The van der Waals surface area contributed by atoms with Gasteiger partial charge in [0.1, 0.15) is 65.8 Å². The lowest BCUT2D eigenvalue weighted by Crippen LogP contribution is -2.64. The van der Waals surface area contributed by atoms with Gasteiger partial charge in [0.15, 0.2) is 12.6 Å². The molecule has 2 aliphatic rings. The quantitative estimate of drug-likeness (QED) is 0.0321. The summed E-state index contributed by atoms with van der Waals surface area (Å²) in [6.07, 6.45) is -0.723. The molecule has 11 atom stereocenters. The Hall–Kier alpha value is -4.40. The summed E-state index contributed by atoms with van der Waals surface area (Å²) in [5.41, 5.74) is -1.44. The fourth-order valence-electron chi connectivity index (χ4n) is 9.34. The number of amides is 6. The van der Waals surface area contributed by atoms with Gasteiger partial charge < -0.3 is 101 Å². The van der Waals surface area contributed by atoms with E-state index in [4.69, 9.17) is 33.2 Å². The second-order valence-corrected chi connectivity index (χ2v) is 22.3. The minimum absolute atomic E-state index is 0.0150. The van der Waals surface area contributed by atoms with Crippen molar-refractivity contribution in [1.82, 2.24) is 31.9 Å². The van der Waals surface area contributed by atoms with E-state index in [9.17, 15) is 74.1 Å². The highest BCUT2D eigenvalue weighted by molar-refractivity contribution is 5.80. The second-order valence-electron chi connectivity index (χ2n) is 22.3. The number of carbonyl (C=O) groups excluding carboxylic acids is 8. The van der Waals surface area contributed by atoms with E-state index >= 15 is 0 Å². The largest absolute Gasteiger partial charge is 0.394 e. The minimum atomic E-state index is -1.44. The molecule has 28 heteroatoms. The molecule has 2 rings (SSSR count). The van der Waals surface area contributed by atoms with Crippen LogP contribution in [-0.4, -0.2) is 241 Å². The maximum absolute atomic E-state index is 13.2. The van der Waals surface area contributed by atoms with Crippen molar-refractivity contribution in [2.24, 2.45) is 0 Å². The van der Waals surface area contributed by atoms with Crippen molar-refractivity contribution in [1.29, 1.82) is 0 Å². The highest BCUT2D eigenvalue weighted by atomic mass is 16.7. The standard InChI is InChI=1S/C58H104N6O22/c1-39(2)82-29-13-6-5-12-26-59-47(73)22-16-23-49(75)64-58(36-67,37-80-32-24-43(71)19-9-7-8-18-42(70)20-10-14-30-83-56-50(62-40(3)68)54(78)52(76)44(34-65)85-56)38-81-33-25-48(74)61-28-17-27-60-46(72)21-11-15-31-84-57-51(63-41(4)69)55(79)53(77)45(35-66)86-57/h39,44-45,50-57,65-67,76-79H,5-38H2,1-4H3,(H,59,73)(H,60,72)(H,61,74)(H,62,68)(H,63,69)(H,64,75)/t44?,45?,50?,51?,52-,53-,54+,55+,56+,57+,58?/m0/s1. The number of carbonyl (C=O) groups is 8. The molecule has 86 heavy (non-hydrogen) atoms. The van der Waals surface area contributed by atoms with Gasteiger partial charge in [-0.15, -0.1) is 0 Å². The molecule has 28 nitrogen and oxygen atoms in total. The van der Waals surface area contributed by atoms with E-state index in [0.29, 0.717) is 77.4 Å². The van der Waals surface area contributed by atoms with Gasteiger partial charge in [-0.25, -0.2) is 0 Å². The average Bonchev–Trinajstić information content (AvgIpc) is 2.55. The average molecular weight is 1240 g/mol. The highest BCUT2D eigenvalue weighted by Crippen LogP contribution is 2.24. The molecule has 13 N–H and O–H groups in total. The number of ether oxygens (including phenoxy) is 7. The Bertz CT molecular complexity index is 1850. The number of ketones is 2. The number of aliphatic hydroxyl groups is 7. The summed E-state index contributed by atoms with van der Waals surface area (Å²) in [5.74, 6) is -2.16. The molecule has 0 aromatic carbocycles. The number of hydrogen-bond donors (Lipinski definition) is 13. The summed E-state index contributed by atoms with van der Waals surface area (Å²) < 4.78 is 39.6. The van der Waals surface area contributed by atoms with Crippen molar-refractivity contribution in [3.05, 3.63) is 0 Å². The molecule has 2 saturated heterocycles. The summed E-state index contributed by atoms with van der Waals surface area (Å²) in [5, 5.41) is 87.0. The Labute approximate surface area is 505 Å². The van der Waals surface area contributed by atoms with Gasteiger partial charge in [-0.05, 0) is 78.1 Å².